The molecule has 0 amide bonds. The molecule has 1 radical (unpaired) electrons. The van der Waals surface area contributed by atoms with Crippen LogP contribution in [0.2, 0.25) is 0 Å². The molecule has 3 nitrogen and oxygen atoms in total. The van der Waals surface area contributed by atoms with E-state index in [2.05, 4.69) is 15.7 Å². The highest BCUT2D eigenvalue weighted by molar-refractivity contribution is 7.09. The lowest BCUT2D eigenvalue weighted by atomic mass is 11.2. The fourth-order valence-electron chi connectivity index (χ4n) is 0.157. The zero-order valence-corrected chi connectivity index (χ0v) is 3.70. The summed E-state index contributed by atoms with van der Waals surface area (Å²) in [6, 6.07) is 0. The molecule has 2 N–H and O–H groups in total. The van der Waals surface area contributed by atoms with Gasteiger partial charge in [-0.25, -0.2) is 0 Å². The van der Waals surface area contributed by atoms with Gasteiger partial charge in [0.2, 0.25) is 6.33 Å². The van der Waals surface area contributed by atoms with E-state index in [9.17, 15) is 0 Å². The van der Waals surface area contributed by atoms with Crippen LogP contribution in [0.3, 0.4) is 0 Å². The molecule has 1 heterocycles. The summed E-state index contributed by atoms with van der Waals surface area (Å²) in [4.78, 5) is 3.48. The first-order valence-electron chi connectivity index (χ1n) is 1.35. The van der Waals surface area contributed by atoms with Crippen LogP contribution in [-0.2, 0) is 0 Å². The van der Waals surface area contributed by atoms with E-state index in [4.69, 9.17) is 5.73 Å². The molecule has 0 saturated heterocycles. The first-order chi connectivity index (χ1) is 2.89. The Morgan fingerprint density at radius 1 is 1.83 bits per heavy atom. The van der Waals surface area contributed by atoms with E-state index in [1.807, 2.05) is 0 Å². The third-order valence-corrected chi connectivity index (χ3v) is 0.791. The van der Waals surface area contributed by atoms with Gasteiger partial charge in [0.05, 0.1) is 0 Å². The van der Waals surface area contributed by atoms with Crippen molar-refractivity contribution in [1.29, 1.82) is 0 Å². The Morgan fingerprint density at radius 3 is 2.83 bits per heavy atom. The fraction of sp³-hybridized carbons (Fsp3) is 0. The van der Waals surface area contributed by atoms with E-state index in [0.29, 0.717) is 5.13 Å². The van der Waals surface area contributed by atoms with Gasteiger partial charge in [-0.1, -0.05) is 0 Å². The lowest BCUT2D eigenvalue weighted by Crippen LogP contribution is -1.77. The van der Waals surface area contributed by atoms with E-state index in [0.717, 1.165) is 11.5 Å². The molecule has 1 aromatic heterocycles. The zero-order valence-electron chi connectivity index (χ0n) is 2.88. The first kappa shape index (κ1) is 3.55. The maximum absolute atomic E-state index is 5.09. The van der Waals surface area contributed by atoms with Crippen molar-refractivity contribution in [1.82, 2.24) is 9.36 Å². The Balaban J connectivity index is 3.05. The molecule has 0 aromatic carbocycles. The molecule has 4 heteroatoms. The molecule has 0 bridgehead atoms. The van der Waals surface area contributed by atoms with Crippen molar-refractivity contribution < 1.29 is 0 Å². The van der Waals surface area contributed by atoms with Gasteiger partial charge in [0.25, 0.3) is 0 Å². The third kappa shape index (κ3) is 0.463. The molecule has 1 aromatic rings. The van der Waals surface area contributed by atoms with Gasteiger partial charge in [0.15, 0.2) is 5.13 Å². The summed E-state index contributed by atoms with van der Waals surface area (Å²) >= 11 is 1.14. The van der Waals surface area contributed by atoms with Gasteiger partial charge in [0.1, 0.15) is 0 Å². The normalized spacial score (nSPS) is 8.67. The summed E-state index contributed by atoms with van der Waals surface area (Å²) in [6.07, 6.45) is 2.32. The van der Waals surface area contributed by atoms with Gasteiger partial charge in [-0.05, 0) is 0 Å². The van der Waals surface area contributed by atoms with Crippen LogP contribution in [0.4, 0.5) is 5.13 Å². The Bertz CT molecular complexity index is 112. The van der Waals surface area contributed by atoms with Crippen LogP contribution in [0.15, 0.2) is 0 Å². The second-order valence-corrected chi connectivity index (χ2v) is 1.52. The smallest absolute Gasteiger partial charge is 0.213 e. The average Bonchev–Trinajstić information content (AvgIpc) is 1.86. The standard InChI is InChI=1S/C2H2N3S/c3-2-4-1-5-6-2/h(H2,3,4,5). The summed E-state index contributed by atoms with van der Waals surface area (Å²) < 4.78 is 3.50. The SMILES string of the molecule is Nc1n[c]ns1. The monoisotopic (exact) mass is 100.0 g/mol. The second kappa shape index (κ2) is 1.22. The summed E-state index contributed by atoms with van der Waals surface area (Å²) in [5.41, 5.74) is 5.09. The molecule has 0 aliphatic heterocycles. The Labute approximate surface area is 39.0 Å². The van der Waals surface area contributed by atoms with E-state index in [1.165, 1.54) is 0 Å². The summed E-state index contributed by atoms with van der Waals surface area (Å²) in [5, 5.41) is 0.468. The van der Waals surface area contributed by atoms with Crippen LogP contribution in [0.1, 0.15) is 0 Å². The predicted octanol–water partition coefficient (Wildman–Crippen LogP) is -0.0795. The van der Waals surface area contributed by atoms with Crippen molar-refractivity contribution >= 4 is 16.7 Å². The molecule has 0 unspecified atom stereocenters. The van der Waals surface area contributed by atoms with Gasteiger partial charge in [-0.15, -0.1) is 0 Å². The van der Waals surface area contributed by atoms with Crippen LogP contribution in [-0.4, -0.2) is 9.36 Å². The molecule has 0 aliphatic carbocycles. The van der Waals surface area contributed by atoms with Crippen molar-refractivity contribution in [2.45, 2.75) is 0 Å². The minimum Gasteiger partial charge on any atom is -0.374 e. The number of hydrogen-bond donors (Lipinski definition) is 1. The highest BCUT2D eigenvalue weighted by Gasteiger charge is 1.80. The summed E-state index contributed by atoms with van der Waals surface area (Å²) in [5.74, 6) is 0. The number of nitrogens with zero attached hydrogens (tertiary/aromatic N) is 2. The number of nitrogen functional groups attached to an aromatic ring is 1. The second-order valence-electron chi connectivity index (χ2n) is 0.733. The topological polar surface area (TPSA) is 51.8 Å². The van der Waals surface area contributed by atoms with Gasteiger partial charge in [-0.2, -0.15) is 9.36 Å². The zero-order chi connectivity index (χ0) is 4.41. The van der Waals surface area contributed by atoms with Crippen molar-refractivity contribution in [3.63, 3.8) is 0 Å². The minimum absolute atomic E-state index is 0.468. The van der Waals surface area contributed by atoms with Crippen molar-refractivity contribution in [2.24, 2.45) is 0 Å². The molecule has 0 fully saturated rings. The van der Waals surface area contributed by atoms with Gasteiger partial charge >= 0.3 is 0 Å². The van der Waals surface area contributed by atoms with Crippen molar-refractivity contribution in [3.8, 4) is 0 Å². The molecule has 0 atom stereocenters. The predicted molar refractivity (Wildman–Crippen MR) is 23.2 cm³/mol. The average molecular weight is 100 g/mol. The lowest BCUT2D eigenvalue weighted by molar-refractivity contribution is 1.31. The van der Waals surface area contributed by atoms with E-state index in [1.54, 1.807) is 0 Å². The van der Waals surface area contributed by atoms with Gasteiger partial charge in [0, 0.05) is 11.5 Å². The molecular weight excluding hydrogens is 98.1 g/mol. The number of anilines is 1. The Hall–Kier alpha value is -0.640. The number of rotatable bonds is 0. The first-order valence-corrected chi connectivity index (χ1v) is 2.12. The summed E-state index contributed by atoms with van der Waals surface area (Å²) in [7, 11) is 0. The molecule has 6 heavy (non-hydrogen) atoms. The summed E-state index contributed by atoms with van der Waals surface area (Å²) in [6.45, 7) is 0. The van der Waals surface area contributed by atoms with E-state index in [-0.39, 0.29) is 0 Å². The fourth-order valence-corrected chi connectivity index (χ4v) is 0.414. The van der Waals surface area contributed by atoms with E-state index >= 15 is 0 Å². The molecule has 1 rings (SSSR count). The van der Waals surface area contributed by atoms with Gasteiger partial charge in [-0.3, -0.25) is 0 Å². The molecule has 31 valence electrons. The maximum Gasteiger partial charge on any atom is 0.213 e. The van der Waals surface area contributed by atoms with Crippen molar-refractivity contribution in [3.05, 3.63) is 6.33 Å². The highest BCUT2D eigenvalue weighted by Crippen LogP contribution is 1.96. The lowest BCUT2D eigenvalue weighted by Gasteiger charge is -1.64. The van der Waals surface area contributed by atoms with Crippen LogP contribution >= 0.6 is 11.5 Å². The van der Waals surface area contributed by atoms with Crippen molar-refractivity contribution in [2.75, 3.05) is 5.73 Å². The Morgan fingerprint density at radius 2 is 2.67 bits per heavy atom. The van der Waals surface area contributed by atoms with E-state index < -0.39 is 0 Å². The molecule has 0 aliphatic rings. The minimum atomic E-state index is 0.468. The van der Waals surface area contributed by atoms with Crippen LogP contribution in [0, 0.1) is 6.33 Å². The number of hydrogen-bond acceptors (Lipinski definition) is 4. The Kier molecular flexibility index (Phi) is 0.719. The molecular formula is C2H2N3S. The van der Waals surface area contributed by atoms with Gasteiger partial charge < -0.3 is 5.73 Å². The number of nitrogens with two attached hydrogens (primary N) is 1. The maximum atomic E-state index is 5.09. The largest absolute Gasteiger partial charge is 0.374 e. The number of aromatic nitrogens is 2. The third-order valence-electron chi connectivity index (χ3n) is 0.340. The quantitative estimate of drug-likeness (QED) is 0.496. The van der Waals surface area contributed by atoms with Crippen LogP contribution < -0.4 is 5.73 Å². The molecule has 0 saturated carbocycles. The highest BCUT2D eigenvalue weighted by atomic mass is 32.1. The van der Waals surface area contributed by atoms with Crippen LogP contribution in [0.5, 0.6) is 0 Å². The van der Waals surface area contributed by atoms with Crippen LogP contribution in [0.25, 0.3) is 0 Å². The molecule has 0 spiro atoms.